The van der Waals surface area contributed by atoms with Crippen LogP contribution < -0.4 is 0 Å². The van der Waals surface area contributed by atoms with Crippen molar-refractivity contribution in [2.75, 3.05) is 12.3 Å². The quantitative estimate of drug-likeness (QED) is 0.439. The van der Waals surface area contributed by atoms with Crippen LogP contribution in [0.5, 0.6) is 0 Å². The second kappa shape index (κ2) is 10.4. The molecule has 1 aromatic heterocycles. The monoisotopic (exact) mass is 435 g/mol. The Morgan fingerprint density at radius 1 is 1.33 bits per heavy atom. The Balaban J connectivity index is 1.50. The van der Waals surface area contributed by atoms with Gasteiger partial charge in [-0.25, -0.2) is 0 Å². The number of H-pyrrole nitrogens is 1. The smallest absolute Gasteiger partial charge is 0.302 e. The number of carbonyl (C=O) groups is 1. The number of tetrazole rings is 1. The highest BCUT2D eigenvalue weighted by Gasteiger charge is 2.39. The van der Waals surface area contributed by atoms with E-state index in [2.05, 4.69) is 20.6 Å². The number of benzene rings is 1. The molecule has 1 fully saturated rings. The molecule has 3 rings (SSSR count). The molecule has 2 heterocycles. The number of hydrogen-bond donors (Lipinski definition) is 2. The number of aliphatic hydroxyl groups excluding tert-OH is 1. The number of aryl methyl sites for hydroxylation is 1. The van der Waals surface area contributed by atoms with E-state index in [0.717, 1.165) is 30.7 Å². The SMILES string of the molecule is O=C1SCC(/C=C/C(O)C(F)(F)c2ccccc2)N1C/C=C/CCCc1nn[nH]n1. The summed E-state index contributed by atoms with van der Waals surface area (Å²) >= 11 is 1.14. The van der Waals surface area contributed by atoms with Crippen LogP contribution in [-0.4, -0.2) is 60.3 Å². The minimum atomic E-state index is -3.41. The van der Waals surface area contributed by atoms with Crippen LogP contribution in [0, 0.1) is 0 Å². The number of rotatable bonds is 10. The third kappa shape index (κ3) is 5.73. The van der Waals surface area contributed by atoms with Gasteiger partial charge < -0.3 is 10.0 Å². The van der Waals surface area contributed by atoms with E-state index < -0.39 is 12.0 Å². The maximum absolute atomic E-state index is 14.4. The lowest BCUT2D eigenvalue weighted by Crippen LogP contribution is -2.33. The highest BCUT2D eigenvalue weighted by molar-refractivity contribution is 8.13. The molecule has 0 saturated carbocycles. The van der Waals surface area contributed by atoms with Gasteiger partial charge in [-0.15, -0.1) is 10.2 Å². The molecule has 10 heteroatoms. The van der Waals surface area contributed by atoms with Crippen molar-refractivity contribution in [3.63, 3.8) is 0 Å². The van der Waals surface area contributed by atoms with Crippen molar-refractivity contribution in [3.8, 4) is 0 Å². The fraction of sp³-hybridized carbons (Fsp3) is 0.400. The highest BCUT2D eigenvalue weighted by Crippen LogP contribution is 2.33. The van der Waals surface area contributed by atoms with E-state index in [0.29, 0.717) is 24.5 Å². The van der Waals surface area contributed by atoms with Crippen molar-refractivity contribution in [1.29, 1.82) is 0 Å². The number of nitrogens with zero attached hydrogens (tertiary/aromatic N) is 4. The lowest BCUT2D eigenvalue weighted by Gasteiger charge is -2.22. The van der Waals surface area contributed by atoms with Gasteiger partial charge in [0.2, 0.25) is 0 Å². The molecule has 1 saturated heterocycles. The second-order valence-corrected chi connectivity index (χ2v) is 7.78. The Kier molecular flexibility index (Phi) is 7.69. The number of carbonyl (C=O) groups excluding carboxylic acids is 1. The number of aliphatic hydroxyl groups is 1. The maximum atomic E-state index is 14.4. The van der Waals surface area contributed by atoms with Crippen molar-refractivity contribution in [2.24, 2.45) is 0 Å². The normalized spacial score (nSPS) is 18.7. The van der Waals surface area contributed by atoms with Gasteiger partial charge in [0.05, 0.1) is 6.04 Å². The summed E-state index contributed by atoms with van der Waals surface area (Å²) in [4.78, 5) is 13.7. The lowest BCUT2D eigenvalue weighted by atomic mass is 10.0. The van der Waals surface area contributed by atoms with Gasteiger partial charge in [0, 0.05) is 24.3 Å². The molecule has 1 aliphatic heterocycles. The minimum Gasteiger partial charge on any atom is -0.382 e. The van der Waals surface area contributed by atoms with Crippen LogP contribution >= 0.6 is 11.8 Å². The molecule has 0 spiro atoms. The van der Waals surface area contributed by atoms with Gasteiger partial charge in [-0.05, 0) is 12.8 Å². The van der Waals surface area contributed by atoms with Crippen LogP contribution in [0.1, 0.15) is 24.2 Å². The Bertz CT molecular complexity index is 861. The van der Waals surface area contributed by atoms with Gasteiger partial charge in [0.25, 0.3) is 5.24 Å². The fourth-order valence-corrected chi connectivity index (χ4v) is 3.97. The number of alkyl halides is 2. The molecule has 1 aromatic carbocycles. The molecule has 0 radical (unpaired) electrons. The number of allylic oxidation sites excluding steroid dienone is 1. The van der Waals surface area contributed by atoms with Gasteiger partial charge in [-0.2, -0.15) is 14.0 Å². The van der Waals surface area contributed by atoms with Crippen LogP contribution in [0.3, 0.4) is 0 Å². The number of amides is 1. The third-order valence-corrected chi connectivity index (χ3v) is 5.68. The maximum Gasteiger partial charge on any atom is 0.302 e. The zero-order chi connectivity index (χ0) is 21.4. The van der Waals surface area contributed by atoms with E-state index in [1.807, 2.05) is 12.2 Å². The summed E-state index contributed by atoms with van der Waals surface area (Å²) in [5.74, 6) is -2.28. The molecule has 2 aromatic rings. The predicted molar refractivity (Wildman–Crippen MR) is 110 cm³/mol. The summed E-state index contributed by atoms with van der Waals surface area (Å²) in [6.07, 6.45) is 6.81. The molecule has 2 unspecified atom stereocenters. The Morgan fingerprint density at radius 2 is 2.13 bits per heavy atom. The zero-order valence-corrected chi connectivity index (χ0v) is 17.0. The van der Waals surface area contributed by atoms with Gasteiger partial charge >= 0.3 is 5.92 Å². The molecule has 160 valence electrons. The van der Waals surface area contributed by atoms with E-state index in [4.69, 9.17) is 0 Å². The first kappa shape index (κ1) is 22.1. The van der Waals surface area contributed by atoms with Crippen molar-refractivity contribution < 1.29 is 18.7 Å². The summed E-state index contributed by atoms with van der Waals surface area (Å²) in [5.41, 5.74) is -0.250. The molecule has 2 N–H and O–H groups in total. The number of aromatic nitrogens is 4. The van der Waals surface area contributed by atoms with Gasteiger partial charge in [-0.1, -0.05) is 71.6 Å². The molecule has 1 aliphatic rings. The summed E-state index contributed by atoms with van der Waals surface area (Å²) in [6, 6.07) is 6.86. The number of unbranched alkanes of at least 4 members (excludes halogenated alkanes) is 1. The first-order valence-corrected chi connectivity index (χ1v) is 10.6. The van der Waals surface area contributed by atoms with E-state index in [9.17, 15) is 18.7 Å². The largest absolute Gasteiger partial charge is 0.382 e. The summed E-state index contributed by atoms with van der Waals surface area (Å²) < 4.78 is 28.8. The van der Waals surface area contributed by atoms with E-state index >= 15 is 0 Å². The van der Waals surface area contributed by atoms with Crippen molar-refractivity contribution in [3.05, 3.63) is 66.0 Å². The van der Waals surface area contributed by atoms with Crippen LogP contribution in [0.15, 0.2) is 54.6 Å². The molecule has 7 nitrogen and oxygen atoms in total. The Morgan fingerprint density at radius 3 is 2.87 bits per heavy atom. The number of nitrogens with one attached hydrogen (secondary N) is 1. The first-order chi connectivity index (χ1) is 14.5. The molecule has 2 atom stereocenters. The van der Waals surface area contributed by atoms with Crippen LogP contribution in [-0.2, 0) is 12.3 Å². The predicted octanol–water partition coefficient (Wildman–Crippen LogP) is 3.33. The van der Waals surface area contributed by atoms with Crippen LogP contribution in [0.25, 0.3) is 0 Å². The number of aromatic amines is 1. The second-order valence-electron chi connectivity index (χ2n) is 6.81. The fourth-order valence-electron chi connectivity index (χ4n) is 2.99. The zero-order valence-electron chi connectivity index (χ0n) is 16.2. The first-order valence-electron chi connectivity index (χ1n) is 9.59. The molecular formula is C20H23F2N5O2S. The van der Waals surface area contributed by atoms with E-state index in [1.165, 1.54) is 30.3 Å². The molecule has 30 heavy (non-hydrogen) atoms. The molecular weight excluding hydrogens is 412 g/mol. The van der Waals surface area contributed by atoms with Crippen LogP contribution in [0.2, 0.25) is 0 Å². The third-order valence-electron chi connectivity index (χ3n) is 4.69. The number of hydrogen-bond acceptors (Lipinski definition) is 6. The van der Waals surface area contributed by atoms with Gasteiger partial charge in [0.15, 0.2) is 5.82 Å². The lowest BCUT2D eigenvalue weighted by molar-refractivity contribution is -0.0929. The van der Waals surface area contributed by atoms with Crippen molar-refractivity contribution >= 4 is 17.0 Å². The topological polar surface area (TPSA) is 95.0 Å². The number of thioether (sulfide) groups is 1. The summed E-state index contributed by atoms with van der Waals surface area (Å²) in [6.45, 7) is 0.383. The molecule has 0 bridgehead atoms. The molecule has 1 amide bonds. The highest BCUT2D eigenvalue weighted by atomic mass is 32.2. The van der Waals surface area contributed by atoms with Crippen molar-refractivity contribution in [2.45, 2.75) is 37.3 Å². The van der Waals surface area contributed by atoms with Gasteiger partial charge in [0.1, 0.15) is 6.10 Å². The Labute approximate surface area is 177 Å². The average Bonchev–Trinajstić information content (AvgIpc) is 3.39. The van der Waals surface area contributed by atoms with Gasteiger partial charge in [-0.3, -0.25) is 4.79 Å². The minimum absolute atomic E-state index is 0.106. The average molecular weight is 436 g/mol. The summed E-state index contributed by atoms with van der Waals surface area (Å²) in [7, 11) is 0. The Hall–Kier alpha value is -2.59. The van der Waals surface area contributed by atoms with E-state index in [-0.39, 0.29) is 16.8 Å². The summed E-state index contributed by atoms with van der Waals surface area (Å²) in [5, 5.41) is 23.6. The number of halogens is 2. The van der Waals surface area contributed by atoms with Crippen LogP contribution in [0.4, 0.5) is 13.6 Å². The van der Waals surface area contributed by atoms with E-state index in [1.54, 1.807) is 11.0 Å². The van der Waals surface area contributed by atoms with Crippen molar-refractivity contribution in [1.82, 2.24) is 25.5 Å². The molecule has 0 aliphatic carbocycles. The standard InChI is InChI=1S/C20H23F2N5O2S/c21-20(22,15-8-4-3-5-9-15)17(28)12-11-16-14-30-19(29)27(16)13-7-2-1-6-10-18-23-25-26-24-18/h2-5,7-9,11-12,16-17,28H,1,6,10,13-14H2,(H,23,24,25,26)/b7-2+,12-11+.